The van der Waals surface area contributed by atoms with Crippen LogP contribution in [-0.4, -0.2) is 16.8 Å². The number of pyridine rings is 1. The first kappa shape index (κ1) is 14.5. The number of rotatable bonds is 4. The molecule has 20 heavy (non-hydrogen) atoms. The topological polar surface area (TPSA) is 71.1 Å². The zero-order valence-corrected chi connectivity index (χ0v) is 11.8. The van der Waals surface area contributed by atoms with Gasteiger partial charge in [-0.3, -0.25) is 9.59 Å². The zero-order chi connectivity index (χ0) is 14.4. The van der Waals surface area contributed by atoms with Crippen LogP contribution in [0.1, 0.15) is 45.4 Å². The highest BCUT2D eigenvalue weighted by atomic mass is 16.2. The summed E-state index contributed by atoms with van der Waals surface area (Å²) in [6.45, 7) is 1.79. The van der Waals surface area contributed by atoms with Gasteiger partial charge in [-0.1, -0.05) is 26.2 Å². The van der Waals surface area contributed by atoms with Gasteiger partial charge in [-0.05, 0) is 25.0 Å². The second kappa shape index (κ2) is 7.03. The van der Waals surface area contributed by atoms with E-state index in [-0.39, 0.29) is 17.7 Å². The Morgan fingerprint density at radius 3 is 2.55 bits per heavy atom. The van der Waals surface area contributed by atoms with Crippen molar-refractivity contribution in [1.82, 2.24) is 4.98 Å². The number of carbonyl (C=O) groups is 2. The van der Waals surface area contributed by atoms with Gasteiger partial charge in [0.1, 0.15) is 5.82 Å². The molecule has 1 saturated carbocycles. The van der Waals surface area contributed by atoms with E-state index in [1.165, 1.54) is 6.42 Å². The quantitative estimate of drug-likeness (QED) is 0.887. The third-order valence-electron chi connectivity index (χ3n) is 3.60. The van der Waals surface area contributed by atoms with Crippen LogP contribution in [0.3, 0.4) is 0 Å². The summed E-state index contributed by atoms with van der Waals surface area (Å²) in [6.07, 6.45) is 7.45. The smallest absolute Gasteiger partial charge is 0.227 e. The average molecular weight is 275 g/mol. The predicted octanol–water partition coefficient (Wildman–Crippen LogP) is 2.95. The van der Waals surface area contributed by atoms with Gasteiger partial charge >= 0.3 is 0 Å². The van der Waals surface area contributed by atoms with E-state index in [9.17, 15) is 9.59 Å². The molecule has 1 aliphatic carbocycles. The molecule has 0 bridgehead atoms. The highest BCUT2D eigenvalue weighted by molar-refractivity contribution is 5.93. The van der Waals surface area contributed by atoms with Gasteiger partial charge in [0.05, 0.1) is 11.9 Å². The highest BCUT2D eigenvalue weighted by Crippen LogP contribution is 2.24. The lowest BCUT2D eigenvalue weighted by Crippen LogP contribution is -2.24. The molecule has 1 aromatic heterocycles. The first-order valence-corrected chi connectivity index (χ1v) is 7.26. The fraction of sp³-hybridized carbons (Fsp3) is 0.533. The van der Waals surface area contributed by atoms with Crippen LogP contribution < -0.4 is 10.6 Å². The predicted molar refractivity (Wildman–Crippen MR) is 78.4 cm³/mol. The van der Waals surface area contributed by atoms with Gasteiger partial charge in [0.15, 0.2) is 0 Å². The number of hydrogen-bond donors (Lipinski definition) is 2. The van der Waals surface area contributed by atoms with E-state index in [1.807, 2.05) is 0 Å². The van der Waals surface area contributed by atoms with Crippen molar-refractivity contribution in [3.63, 3.8) is 0 Å². The van der Waals surface area contributed by atoms with Gasteiger partial charge in [0.25, 0.3) is 0 Å². The van der Waals surface area contributed by atoms with Crippen molar-refractivity contribution < 1.29 is 9.59 Å². The van der Waals surface area contributed by atoms with Crippen LogP contribution >= 0.6 is 0 Å². The molecule has 5 heteroatoms. The van der Waals surface area contributed by atoms with E-state index < -0.39 is 0 Å². The van der Waals surface area contributed by atoms with Gasteiger partial charge in [-0.2, -0.15) is 0 Å². The minimum Gasteiger partial charge on any atom is -0.324 e. The molecule has 2 rings (SSSR count). The summed E-state index contributed by atoms with van der Waals surface area (Å²) < 4.78 is 0. The Hall–Kier alpha value is -1.91. The molecule has 0 spiro atoms. The molecule has 1 heterocycles. The number of carbonyl (C=O) groups excluding carboxylic acids is 2. The summed E-state index contributed by atoms with van der Waals surface area (Å²) in [5.41, 5.74) is 0.676. The van der Waals surface area contributed by atoms with Crippen molar-refractivity contribution in [2.45, 2.75) is 45.4 Å². The molecule has 5 nitrogen and oxygen atoms in total. The Labute approximate surface area is 119 Å². The van der Waals surface area contributed by atoms with Crippen molar-refractivity contribution in [1.29, 1.82) is 0 Å². The zero-order valence-electron chi connectivity index (χ0n) is 11.8. The van der Waals surface area contributed by atoms with Crippen molar-refractivity contribution >= 4 is 23.3 Å². The molecule has 1 fully saturated rings. The maximum Gasteiger partial charge on any atom is 0.227 e. The van der Waals surface area contributed by atoms with Crippen LogP contribution in [-0.2, 0) is 9.59 Å². The number of aromatic nitrogens is 1. The van der Waals surface area contributed by atoms with E-state index in [1.54, 1.807) is 25.3 Å². The molecule has 0 atom stereocenters. The number of nitrogens with one attached hydrogen (secondary N) is 2. The monoisotopic (exact) mass is 275 g/mol. The Balaban J connectivity index is 1.89. The van der Waals surface area contributed by atoms with Gasteiger partial charge in [0.2, 0.25) is 11.8 Å². The highest BCUT2D eigenvalue weighted by Gasteiger charge is 2.20. The Bertz CT molecular complexity index is 465. The molecule has 2 N–H and O–H groups in total. The Morgan fingerprint density at radius 1 is 1.20 bits per heavy atom. The summed E-state index contributed by atoms with van der Waals surface area (Å²) >= 11 is 0. The molecule has 1 aliphatic rings. The normalized spacial score (nSPS) is 15.7. The van der Waals surface area contributed by atoms with Crippen molar-refractivity contribution in [3.05, 3.63) is 18.3 Å². The molecular formula is C15H21N3O2. The molecule has 108 valence electrons. The van der Waals surface area contributed by atoms with Crippen molar-refractivity contribution in [3.8, 4) is 0 Å². The van der Waals surface area contributed by atoms with Crippen LogP contribution in [0.4, 0.5) is 11.5 Å². The largest absolute Gasteiger partial charge is 0.324 e. The molecule has 1 aromatic rings. The standard InChI is InChI=1S/C15H21N3O2/c1-2-14(19)18-13-9-8-12(10-16-13)17-15(20)11-6-4-3-5-7-11/h8-11H,2-7H2,1H3,(H,17,20)(H,16,18,19). The molecule has 0 aromatic carbocycles. The maximum absolute atomic E-state index is 12.1. The van der Waals surface area contributed by atoms with E-state index in [2.05, 4.69) is 15.6 Å². The fourth-order valence-electron chi connectivity index (χ4n) is 2.38. The molecule has 2 amide bonds. The van der Waals surface area contributed by atoms with Gasteiger partial charge in [-0.25, -0.2) is 4.98 Å². The average Bonchev–Trinajstić information content (AvgIpc) is 2.50. The van der Waals surface area contributed by atoms with Crippen molar-refractivity contribution in [2.75, 3.05) is 10.6 Å². The second-order valence-electron chi connectivity index (χ2n) is 5.16. The number of nitrogens with zero attached hydrogens (tertiary/aromatic N) is 1. The first-order valence-electron chi connectivity index (χ1n) is 7.26. The van der Waals surface area contributed by atoms with Gasteiger partial charge in [0, 0.05) is 12.3 Å². The van der Waals surface area contributed by atoms with E-state index in [4.69, 9.17) is 0 Å². The number of anilines is 2. The SMILES string of the molecule is CCC(=O)Nc1ccc(NC(=O)C2CCCCC2)cn1. The van der Waals surface area contributed by atoms with Crippen LogP contribution in [0.15, 0.2) is 18.3 Å². The molecule has 0 radical (unpaired) electrons. The minimum atomic E-state index is -0.0727. The van der Waals surface area contributed by atoms with E-state index >= 15 is 0 Å². The Kier molecular flexibility index (Phi) is 5.09. The summed E-state index contributed by atoms with van der Waals surface area (Å²) in [4.78, 5) is 27.4. The fourth-order valence-corrected chi connectivity index (χ4v) is 2.38. The lowest BCUT2D eigenvalue weighted by Gasteiger charge is -2.20. The number of hydrogen-bond acceptors (Lipinski definition) is 3. The van der Waals surface area contributed by atoms with Crippen LogP contribution in [0.5, 0.6) is 0 Å². The summed E-state index contributed by atoms with van der Waals surface area (Å²) in [5, 5.41) is 5.56. The molecule has 0 saturated heterocycles. The summed E-state index contributed by atoms with van der Waals surface area (Å²) in [6, 6.07) is 3.46. The van der Waals surface area contributed by atoms with Gasteiger partial charge < -0.3 is 10.6 Å². The van der Waals surface area contributed by atoms with Crippen LogP contribution in [0.2, 0.25) is 0 Å². The lowest BCUT2D eigenvalue weighted by atomic mass is 9.88. The number of amides is 2. The van der Waals surface area contributed by atoms with Crippen LogP contribution in [0, 0.1) is 5.92 Å². The van der Waals surface area contributed by atoms with Crippen LogP contribution in [0.25, 0.3) is 0 Å². The molecule has 0 unspecified atom stereocenters. The third-order valence-corrected chi connectivity index (χ3v) is 3.60. The Morgan fingerprint density at radius 2 is 1.95 bits per heavy atom. The first-order chi connectivity index (χ1) is 9.69. The summed E-state index contributed by atoms with van der Waals surface area (Å²) in [7, 11) is 0. The van der Waals surface area contributed by atoms with E-state index in [0.29, 0.717) is 17.9 Å². The molecule has 0 aliphatic heterocycles. The lowest BCUT2D eigenvalue weighted by molar-refractivity contribution is -0.120. The second-order valence-corrected chi connectivity index (χ2v) is 5.16. The minimum absolute atomic E-state index is 0.0727. The van der Waals surface area contributed by atoms with E-state index in [0.717, 1.165) is 25.7 Å². The van der Waals surface area contributed by atoms with Crippen molar-refractivity contribution in [2.24, 2.45) is 5.92 Å². The molecular weight excluding hydrogens is 254 g/mol. The maximum atomic E-state index is 12.1. The third kappa shape index (κ3) is 4.05. The van der Waals surface area contributed by atoms with Gasteiger partial charge in [-0.15, -0.1) is 0 Å². The summed E-state index contributed by atoms with van der Waals surface area (Å²) in [5.74, 6) is 0.643.